The molecular formula is C38H44Si2. The number of allylic oxidation sites excluding steroid dienone is 4. The van der Waals surface area contributed by atoms with E-state index in [4.69, 9.17) is 0 Å². The van der Waals surface area contributed by atoms with E-state index in [9.17, 15) is 0 Å². The fourth-order valence-electron chi connectivity index (χ4n) is 7.21. The Morgan fingerprint density at radius 2 is 1.12 bits per heavy atom. The number of fused-ring (bicyclic) bond motifs is 3. The molecule has 0 heterocycles. The fraction of sp³-hybridized carbons (Fsp3) is 0.316. The van der Waals surface area contributed by atoms with Gasteiger partial charge in [-0.3, -0.25) is 0 Å². The minimum atomic E-state index is -1.21. The summed E-state index contributed by atoms with van der Waals surface area (Å²) in [6, 6.07) is 34.9. The molecule has 6 rings (SSSR count). The van der Waals surface area contributed by atoms with Gasteiger partial charge in [0.25, 0.3) is 0 Å². The molecule has 204 valence electrons. The Bertz CT molecular complexity index is 1620. The number of hydrogen-bond acceptors (Lipinski definition) is 0. The normalized spacial score (nSPS) is 18.4. The maximum atomic E-state index is 2.61. The van der Waals surface area contributed by atoms with E-state index < -0.39 is 16.1 Å². The van der Waals surface area contributed by atoms with E-state index in [0.29, 0.717) is 11.8 Å². The molecule has 2 heteroatoms. The molecule has 0 aliphatic heterocycles. The molecule has 0 saturated carbocycles. The number of rotatable bonds is 8. The average molecular weight is 557 g/mol. The third kappa shape index (κ3) is 5.62. The molecule has 0 fully saturated rings. The molecular weight excluding hydrogens is 513 g/mol. The molecule has 0 amide bonds. The third-order valence-electron chi connectivity index (χ3n) is 8.67. The second-order valence-corrected chi connectivity index (χ2v) is 25.6. The van der Waals surface area contributed by atoms with E-state index >= 15 is 0 Å². The standard InChI is InChI=1S/C38H44Si2/c1-39(2,3)25-32-23-30(34-17-7-9-19-36(32)34)21-28-15-11-13-27-14-12-16-29(38(27)28)22-31-24-33(26-40(4,5)6)37-20-10-8-18-35(31)37/h7-20,23-24,30,33H,21-22,25-26H2,1-6H3. The first-order valence-corrected chi connectivity index (χ1v) is 22.6. The van der Waals surface area contributed by atoms with Gasteiger partial charge in [-0.25, -0.2) is 0 Å². The average Bonchev–Trinajstić information content (AvgIpc) is 3.40. The molecule has 0 saturated heterocycles. The van der Waals surface area contributed by atoms with Crippen LogP contribution in [0, 0.1) is 0 Å². The first-order chi connectivity index (χ1) is 19.1. The maximum absolute atomic E-state index is 2.61. The second-order valence-electron chi connectivity index (χ2n) is 14.6. The molecule has 40 heavy (non-hydrogen) atoms. The lowest BCUT2D eigenvalue weighted by atomic mass is 9.88. The minimum Gasteiger partial charge on any atom is -0.0731 e. The van der Waals surface area contributed by atoms with E-state index in [1.54, 1.807) is 11.1 Å². The van der Waals surface area contributed by atoms with Crippen LogP contribution in [0.2, 0.25) is 51.4 Å². The van der Waals surface area contributed by atoms with Crippen molar-refractivity contribution in [2.24, 2.45) is 0 Å². The van der Waals surface area contributed by atoms with Gasteiger partial charge in [-0.2, -0.15) is 0 Å². The number of hydrogen-bond donors (Lipinski definition) is 0. The van der Waals surface area contributed by atoms with Crippen molar-refractivity contribution in [2.75, 3.05) is 0 Å². The Hall–Kier alpha value is -2.95. The van der Waals surface area contributed by atoms with Gasteiger partial charge in [0.05, 0.1) is 0 Å². The lowest BCUT2D eigenvalue weighted by Crippen LogP contribution is -2.21. The molecule has 2 unspecified atom stereocenters. The summed E-state index contributed by atoms with van der Waals surface area (Å²) in [6.07, 6.45) is 7.30. The molecule has 2 atom stereocenters. The van der Waals surface area contributed by atoms with E-state index in [-0.39, 0.29) is 0 Å². The van der Waals surface area contributed by atoms with Crippen LogP contribution in [0.1, 0.15) is 45.2 Å². The second kappa shape index (κ2) is 10.5. The summed E-state index contributed by atoms with van der Waals surface area (Å²) < 4.78 is 0. The van der Waals surface area contributed by atoms with Gasteiger partial charge in [-0.15, -0.1) is 0 Å². The highest BCUT2D eigenvalue weighted by molar-refractivity contribution is 6.77. The maximum Gasteiger partial charge on any atom is 0.0487 e. The highest BCUT2D eigenvalue weighted by Gasteiger charge is 2.29. The van der Waals surface area contributed by atoms with Gasteiger partial charge >= 0.3 is 0 Å². The summed E-state index contributed by atoms with van der Waals surface area (Å²) in [5.41, 5.74) is 12.1. The molecule has 0 radical (unpaired) electrons. The van der Waals surface area contributed by atoms with Gasteiger partial charge in [0.2, 0.25) is 0 Å². The SMILES string of the molecule is C[Si](C)(C)CC1=CC(Cc2cccc3cccc(CC4=CC(C[Si](C)(C)C)c5ccccc54)c23)c2ccccc21. The van der Waals surface area contributed by atoms with Crippen molar-refractivity contribution in [1.29, 1.82) is 0 Å². The highest BCUT2D eigenvalue weighted by Crippen LogP contribution is 2.44. The van der Waals surface area contributed by atoms with E-state index in [1.165, 1.54) is 56.3 Å². The van der Waals surface area contributed by atoms with Gasteiger partial charge in [-0.05, 0) is 80.2 Å². The zero-order valence-corrected chi connectivity index (χ0v) is 27.2. The molecule has 2 aliphatic carbocycles. The van der Waals surface area contributed by atoms with Crippen LogP contribution in [0.15, 0.2) is 97.1 Å². The van der Waals surface area contributed by atoms with Gasteiger partial charge in [-0.1, -0.05) is 136 Å². The van der Waals surface area contributed by atoms with Crippen LogP contribution in [-0.2, 0) is 12.8 Å². The van der Waals surface area contributed by atoms with Crippen molar-refractivity contribution in [1.82, 2.24) is 0 Å². The quantitative estimate of drug-likeness (QED) is 0.189. The molecule has 0 aromatic heterocycles. The monoisotopic (exact) mass is 556 g/mol. The lowest BCUT2D eigenvalue weighted by Gasteiger charge is -2.20. The van der Waals surface area contributed by atoms with Crippen LogP contribution >= 0.6 is 0 Å². The van der Waals surface area contributed by atoms with Crippen LogP contribution in [-0.4, -0.2) is 16.1 Å². The topological polar surface area (TPSA) is 0 Å². The van der Waals surface area contributed by atoms with Gasteiger partial charge < -0.3 is 0 Å². The van der Waals surface area contributed by atoms with Crippen molar-refractivity contribution >= 4 is 38.1 Å². The predicted octanol–water partition coefficient (Wildman–Crippen LogP) is 11.0. The Balaban J connectivity index is 1.37. The first-order valence-electron chi connectivity index (χ1n) is 15.2. The molecule has 2 aliphatic rings. The molecule has 0 N–H and O–H groups in total. The molecule has 0 bridgehead atoms. The van der Waals surface area contributed by atoms with Crippen LogP contribution in [0.25, 0.3) is 21.9 Å². The molecule has 4 aromatic rings. The predicted molar refractivity (Wildman–Crippen MR) is 182 cm³/mol. The molecule has 0 nitrogen and oxygen atoms in total. The summed E-state index contributed by atoms with van der Waals surface area (Å²) in [5.74, 6) is 1.02. The van der Waals surface area contributed by atoms with Crippen molar-refractivity contribution in [3.05, 3.63) is 130 Å². The van der Waals surface area contributed by atoms with Crippen LogP contribution in [0.5, 0.6) is 0 Å². The van der Waals surface area contributed by atoms with Crippen LogP contribution in [0.3, 0.4) is 0 Å². The molecule has 0 spiro atoms. The zero-order chi connectivity index (χ0) is 28.1. The zero-order valence-electron chi connectivity index (χ0n) is 25.2. The van der Waals surface area contributed by atoms with Crippen molar-refractivity contribution < 1.29 is 0 Å². The van der Waals surface area contributed by atoms with Gasteiger partial charge in [0.15, 0.2) is 0 Å². The largest absolute Gasteiger partial charge is 0.0731 e. The Labute approximate surface area is 243 Å². The first kappa shape index (κ1) is 27.2. The van der Waals surface area contributed by atoms with Crippen molar-refractivity contribution in [3.63, 3.8) is 0 Å². The highest BCUT2D eigenvalue weighted by atomic mass is 28.3. The number of benzene rings is 4. The van der Waals surface area contributed by atoms with Crippen molar-refractivity contribution in [3.8, 4) is 0 Å². The van der Waals surface area contributed by atoms with Crippen LogP contribution in [0.4, 0.5) is 0 Å². The van der Waals surface area contributed by atoms with Crippen LogP contribution < -0.4 is 0 Å². The Kier molecular flexibility index (Phi) is 7.13. The van der Waals surface area contributed by atoms with E-state index in [1.807, 2.05) is 0 Å². The van der Waals surface area contributed by atoms with Crippen molar-refractivity contribution in [2.45, 2.75) is 76.0 Å². The minimum absolute atomic E-state index is 0.453. The Morgan fingerprint density at radius 1 is 0.550 bits per heavy atom. The summed E-state index contributed by atoms with van der Waals surface area (Å²) in [4.78, 5) is 0. The Morgan fingerprint density at radius 3 is 1.77 bits per heavy atom. The molecule has 4 aromatic carbocycles. The smallest absolute Gasteiger partial charge is 0.0487 e. The summed E-state index contributed by atoms with van der Waals surface area (Å²) >= 11 is 0. The lowest BCUT2D eigenvalue weighted by molar-refractivity contribution is 0.855. The third-order valence-corrected chi connectivity index (χ3v) is 11.8. The van der Waals surface area contributed by atoms with Gasteiger partial charge in [0, 0.05) is 28.0 Å². The fourth-order valence-corrected chi connectivity index (χ4v) is 10.3. The van der Waals surface area contributed by atoms with E-state index in [0.717, 1.165) is 12.8 Å². The van der Waals surface area contributed by atoms with Gasteiger partial charge in [0.1, 0.15) is 0 Å². The summed E-state index contributed by atoms with van der Waals surface area (Å²) in [5, 5.41) is 2.85. The summed E-state index contributed by atoms with van der Waals surface area (Å²) in [7, 11) is -2.39. The summed E-state index contributed by atoms with van der Waals surface area (Å²) in [6.45, 7) is 15.0. The van der Waals surface area contributed by atoms with E-state index in [2.05, 4.69) is 136 Å².